The zero-order valence-electron chi connectivity index (χ0n) is 13.6. The molecular weight excluding hydrogens is 356 g/mol. The van der Waals surface area contributed by atoms with Crippen molar-refractivity contribution in [1.29, 1.82) is 0 Å². The number of nitrogens with one attached hydrogen (secondary N) is 1. The molecule has 2 aromatic rings. The Hall–Kier alpha value is -3.26. The highest BCUT2D eigenvalue weighted by Crippen LogP contribution is 2.31. The Balaban J connectivity index is 1.88. The fourth-order valence-corrected chi connectivity index (χ4v) is 3.12. The lowest BCUT2D eigenvalue weighted by Crippen LogP contribution is -2.19. The minimum atomic E-state index is -1.26. The van der Waals surface area contributed by atoms with Gasteiger partial charge < -0.3 is 20.3 Å². The number of rotatable bonds is 4. The fourth-order valence-electron chi connectivity index (χ4n) is 2.29. The molecule has 0 spiro atoms. The number of carboxylic acids is 1. The normalized spacial score (nSPS) is 16.7. The van der Waals surface area contributed by atoms with E-state index in [2.05, 4.69) is 10.3 Å². The van der Waals surface area contributed by atoms with E-state index in [1.54, 1.807) is 19.3 Å². The van der Waals surface area contributed by atoms with E-state index >= 15 is 0 Å². The summed E-state index contributed by atoms with van der Waals surface area (Å²) >= 11 is 1.13. The average Bonchev–Trinajstić information content (AvgIpc) is 2.96. The van der Waals surface area contributed by atoms with E-state index in [9.17, 15) is 14.7 Å². The second kappa shape index (κ2) is 7.32. The fraction of sp³-hybridized carbons (Fsp3) is 0.0556. The van der Waals surface area contributed by atoms with E-state index in [-0.39, 0.29) is 17.2 Å². The lowest BCUT2D eigenvalue weighted by Gasteiger charge is -2.03. The number of benzene rings is 2. The van der Waals surface area contributed by atoms with E-state index < -0.39 is 5.97 Å². The van der Waals surface area contributed by atoms with Crippen LogP contribution in [0, 0.1) is 0 Å². The van der Waals surface area contributed by atoms with Gasteiger partial charge in [0.15, 0.2) is 5.17 Å². The molecule has 3 rings (SSSR count). The van der Waals surface area contributed by atoms with Crippen molar-refractivity contribution >= 4 is 40.6 Å². The highest BCUT2D eigenvalue weighted by Gasteiger charge is 2.24. The number of para-hydroxylation sites is 1. The monoisotopic (exact) mass is 370 g/mol. The minimum absolute atomic E-state index is 0.258. The molecule has 26 heavy (non-hydrogen) atoms. The van der Waals surface area contributed by atoms with Gasteiger partial charge in [0, 0.05) is 5.56 Å². The molecule has 1 aliphatic rings. The summed E-state index contributed by atoms with van der Waals surface area (Å²) in [6.07, 6.45) is 1.70. The van der Waals surface area contributed by atoms with Gasteiger partial charge >= 0.3 is 5.97 Å². The first-order valence-corrected chi connectivity index (χ1v) is 8.28. The zero-order chi connectivity index (χ0) is 18.7. The Kier molecular flexibility index (Phi) is 4.94. The molecule has 0 unspecified atom stereocenters. The van der Waals surface area contributed by atoms with E-state index in [1.807, 2.05) is 18.2 Å². The third kappa shape index (κ3) is 3.70. The largest absolute Gasteiger partial charge is 0.507 e. The van der Waals surface area contributed by atoms with Crippen LogP contribution in [0.2, 0.25) is 0 Å². The Morgan fingerprint density at radius 1 is 1.27 bits per heavy atom. The molecule has 8 heteroatoms. The Bertz CT molecular complexity index is 952. The smallest absolute Gasteiger partial charge is 0.339 e. The number of carbonyl (C=O) groups excluding carboxylic acids is 1. The van der Waals surface area contributed by atoms with Gasteiger partial charge in [-0.1, -0.05) is 18.2 Å². The first-order valence-electron chi connectivity index (χ1n) is 7.47. The summed E-state index contributed by atoms with van der Waals surface area (Å²) in [5.74, 6) is -1.27. The van der Waals surface area contributed by atoms with Gasteiger partial charge in [0.1, 0.15) is 17.1 Å². The van der Waals surface area contributed by atoms with Crippen LogP contribution in [0.5, 0.6) is 11.5 Å². The lowest BCUT2D eigenvalue weighted by atomic mass is 10.2. The van der Waals surface area contributed by atoms with Gasteiger partial charge in [-0.05, 0) is 42.1 Å². The summed E-state index contributed by atoms with van der Waals surface area (Å²) in [5.41, 5.74) is 0.805. The van der Waals surface area contributed by atoms with E-state index in [4.69, 9.17) is 9.84 Å². The van der Waals surface area contributed by atoms with Crippen LogP contribution in [0.4, 0.5) is 5.69 Å². The molecule has 0 aromatic heterocycles. The van der Waals surface area contributed by atoms with Gasteiger partial charge in [0.05, 0.1) is 17.7 Å². The van der Waals surface area contributed by atoms with Crippen molar-refractivity contribution < 1.29 is 24.5 Å². The number of amides is 1. The quantitative estimate of drug-likeness (QED) is 0.714. The van der Waals surface area contributed by atoms with Gasteiger partial charge in [-0.25, -0.2) is 9.79 Å². The number of carboxylic acid groups (broad SMARTS) is 1. The van der Waals surface area contributed by atoms with Crippen LogP contribution >= 0.6 is 11.8 Å². The molecule has 1 fully saturated rings. The average molecular weight is 370 g/mol. The van der Waals surface area contributed by atoms with Gasteiger partial charge in [-0.3, -0.25) is 4.79 Å². The SMILES string of the molecule is COc1ccccc1/C=C1\SC(=Nc2ccc(O)c(C(=O)O)c2)NC1=O. The number of ether oxygens (including phenoxy) is 1. The molecule has 0 radical (unpaired) electrons. The first kappa shape index (κ1) is 17.6. The Labute approximate surface area is 153 Å². The summed E-state index contributed by atoms with van der Waals surface area (Å²) in [4.78, 5) is 27.9. The van der Waals surface area contributed by atoms with Crippen LogP contribution in [0.3, 0.4) is 0 Å². The molecule has 1 saturated heterocycles. The van der Waals surface area contributed by atoms with Crippen molar-refractivity contribution in [1.82, 2.24) is 5.32 Å². The number of aromatic hydroxyl groups is 1. The van der Waals surface area contributed by atoms with Crippen LogP contribution < -0.4 is 10.1 Å². The van der Waals surface area contributed by atoms with E-state index in [1.165, 1.54) is 18.2 Å². The topological polar surface area (TPSA) is 108 Å². The summed E-state index contributed by atoms with van der Waals surface area (Å²) in [7, 11) is 1.55. The molecule has 2 aromatic carbocycles. The second-order valence-corrected chi connectivity index (χ2v) is 6.26. The second-order valence-electron chi connectivity index (χ2n) is 5.23. The standard InChI is InChI=1S/C18H14N2O5S/c1-25-14-5-3-2-4-10(14)8-15-16(22)20-18(26-15)19-11-6-7-13(21)12(9-11)17(23)24/h2-9,21H,1H3,(H,23,24)(H,19,20,22)/b15-8-. The minimum Gasteiger partial charge on any atom is -0.507 e. The van der Waals surface area contributed by atoms with Crippen LogP contribution in [0.15, 0.2) is 52.4 Å². The predicted molar refractivity (Wildman–Crippen MR) is 98.9 cm³/mol. The molecule has 0 bridgehead atoms. The number of aromatic carboxylic acids is 1. The molecule has 1 heterocycles. The number of amidine groups is 1. The van der Waals surface area contributed by atoms with Gasteiger partial charge in [-0.2, -0.15) is 0 Å². The third-order valence-corrected chi connectivity index (χ3v) is 4.43. The molecule has 7 nitrogen and oxygen atoms in total. The molecule has 0 saturated carbocycles. The number of aliphatic imine (C=N–C) groups is 1. The lowest BCUT2D eigenvalue weighted by molar-refractivity contribution is -0.115. The van der Waals surface area contributed by atoms with Gasteiger partial charge in [-0.15, -0.1) is 0 Å². The van der Waals surface area contributed by atoms with E-state index in [0.717, 1.165) is 17.3 Å². The number of carbonyl (C=O) groups is 2. The van der Waals surface area contributed by atoms with Crippen molar-refractivity contribution in [3.8, 4) is 11.5 Å². The predicted octanol–water partition coefficient (Wildman–Crippen LogP) is 2.99. The highest BCUT2D eigenvalue weighted by molar-refractivity contribution is 8.18. The highest BCUT2D eigenvalue weighted by atomic mass is 32.2. The maximum atomic E-state index is 12.2. The van der Waals surface area contributed by atoms with Crippen LogP contribution in [-0.2, 0) is 4.79 Å². The number of hydrogen-bond donors (Lipinski definition) is 3. The van der Waals surface area contributed by atoms with Crippen molar-refractivity contribution in [3.63, 3.8) is 0 Å². The van der Waals surface area contributed by atoms with Crippen molar-refractivity contribution in [2.75, 3.05) is 7.11 Å². The summed E-state index contributed by atoms with van der Waals surface area (Å²) in [6, 6.07) is 11.2. The molecule has 0 aliphatic carbocycles. The Morgan fingerprint density at radius 2 is 2.04 bits per heavy atom. The van der Waals surface area contributed by atoms with Crippen LogP contribution in [0.25, 0.3) is 6.08 Å². The Morgan fingerprint density at radius 3 is 2.77 bits per heavy atom. The third-order valence-electron chi connectivity index (χ3n) is 3.52. The summed E-state index contributed by atoms with van der Waals surface area (Å²) in [6.45, 7) is 0. The number of phenols is 1. The van der Waals surface area contributed by atoms with Crippen molar-refractivity contribution in [2.45, 2.75) is 0 Å². The maximum Gasteiger partial charge on any atom is 0.339 e. The number of methoxy groups -OCH3 is 1. The van der Waals surface area contributed by atoms with Crippen molar-refractivity contribution in [3.05, 3.63) is 58.5 Å². The molecule has 132 valence electrons. The first-order chi connectivity index (χ1) is 12.5. The van der Waals surface area contributed by atoms with Gasteiger partial charge in [0.2, 0.25) is 0 Å². The van der Waals surface area contributed by atoms with E-state index in [0.29, 0.717) is 21.5 Å². The number of thioether (sulfide) groups is 1. The number of hydrogen-bond acceptors (Lipinski definition) is 6. The van der Waals surface area contributed by atoms with Crippen LogP contribution in [-0.4, -0.2) is 34.4 Å². The molecule has 1 aliphatic heterocycles. The van der Waals surface area contributed by atoms with Crippen LogP contribution in [0.1, 0.15) is 15.9 Å². The molecule has 0 atom stereocenters. The molecule has 1 amide bonds. The van der Waals surface area contributed by atoms with Gasteiger partial charge in [0.25, 0.3) is 5.91 Å². The number of nitrogens with zero attached hydrogens (tertiary/aromatic N) is 1. The summed E-state index contributed by atoms with van der Waals surface area (Å²) < 4.78 is 5.27. The zero-order valence-corrected chi connectivity index (χ0v) is 14.4. The maximum absolute atomic E-state index is 12.2. The van der Waals surface area contributed by atoms with Crippen molar-refractivity contribution in [2.24, 2.45) is 4.99 Å². The summed E-state index contributed by atoms with van der Waals surface area (Å²) in [5, 5.41) is 21.5. The molecular formula is C18H14N2O5S. The molecule has 3 N–H and O–H groups in total.